The summed E-state index contributed by atoms with van der Waals surface area (Å²) in [6.07, 6.45) is 2.94. The molecule has 18 heavy (non-hydrogen) atoms. The molecule has 1 unspecified atom stereocenters. The second-order valence-corrected chi connectivity index (χ2v) is 4.27. The maximum Gasteiger partial charge on any atom is 0.245 e. The molecule has 1 rings (SSSR count). The summed E-state index contributed by atoms with van der Waals surface area (Å²) in [5, 5.41) is 12.1. The lowest BCUT2D eigenvalue weighted by Crippen LogP contribution is -2.22. The van der Waals surface area contributed by atoms with Gasteiger partial charge in [-0.15, -0.1) is 0 Å². The lowest BCUT2D eigenvalue weighted by atomic mass is 10.3. The SMILES string of the molecule is CCC(C)Nc1nc(N(C)C)nc(N(C)C#N)n1. The molecule has 7 nitrogen and oxygen atoms in total. The Bertz CT molecular complexity index is 438. The molecule has 1 heterocycles. The molecular weight excluding hydrogens is 230 g/mol. The fraction of sp³-hybridized carbons (Fsp3) is 0.636. The normalized spacial score (nSPS) is 11.6. The molecule has 0 saturated heterocycles. The highest BCUT2D eigenvalue weighted by Gasteiger charge is 2.12. The van der Waals surface area contributed by atoms with Gasteiger partial charge in [0.25, 0.3) is 0 Å². The Morgan fingerprint density at radius 1 is 1.22 bits per heavy atom. The van der Waals surface area contributed by atoms with E-state index in [4.69, 9.17) is 5.26 Å². The molecule has 0 fully saturated rings. The minimum absolute atomic E-state index is 0.266. The van der Waals surface area contributed by atoms with Crippen LogP contribution in [0.3, 0.4) is 0 Å². The van der Waals surface area contributed by atoms with Gasteiger partial charge in [-0.3, -0.25) is 4.90 Å². The van der Waals surface area contributed by atoms with Gasteiger partial charge in [0, 0.05) is 27.2 Å². The van der Waals surface area contributed by atoms with E-state index >= 15 is 0 Å². The number of aromatic nitrogens is 3. The summed E-state index contributed by atoms with van der Waals surface area (Å²) in [5.41, 5.74) is 0. The third kappa shape index (κ3) is 3.45. The van der Waals surface area contributed by atoms with Crippen molar-refractivity contribution in [1.29, 1.82) is 5.26 Å². The van der Waals surface area contributed by atoms with E-state index in [2.05, 4.69) is 27.2 Å². The minimum atomic E-state index is 0.266. The molecule has 1 N–H and O–H groups in total. The number of hydrogen-bond acceptors (Lipinski definition) is 7. The van der Waals surface area contributed by atoms with E-state index in [0.717, 1.165) is 6.42 Å². The zero-order chi connectivity index (χ0) is 13.7. The highest BCUT2D eigenvalue weighted by Crippen LogP contribution is 2.14. The summed E-state index contributed by atoms with van der Waals surface area (Å²) in [6.45, 7) is 4.13. The van der Waals surface area contributed by atoms with Gasteiger partial charge in [0.1, 0.15) is 0 Å². The predicted octanol–water partition coefficient (Wildman–Crippen LogP) is 1.07. The average Bonchev–Trinajstić information content (AvgIpc) is 2.37. The highest BCUT2D eigenvalue weighted by molar-refractivity contribution is 5.46. The van der Waals surface area contributed by atoms with Crippen molar-refractivity contribution in [3.05, 3.63) is 0 Å². The van der Waals surface area contributed by atoms with Gasteiger partial charge in [0.15, 0.2) is 6.19 Å². The van der Waals surface area contributed by atoms with E-state index in [1.54, 1.807) is 11.9 Å². The van der Waals surface area contributed by atoms with Crippen LogP contribution in [-0.2, 0) is 0 Å². The van der Waals surface area contributed by atoms with Gasteiger partial charge in [-0.25, -0.2) is 0 Å². The molecule has 0 bridgehead atoms. The van der Waals surface area contributed by atoms with E-state index in [1.807, 2.05) is 27.2 Å². The Morgan fingerprint density at radius 2 is 1.83 bits per heavy atom. The van der Waals surface area contributed by atoms with Gasteiger partial charge in [0.05, 0.1) is 0 Å². The zero-order valence-corrected chi connectivity index (χ0v) is 11.5. The maximum atomic E-state index is 8.88. The first-order chi connectivity index (χ1) is 8.47. The van der Waals surface area contributed by atoms with Crippen molar-refractivity contribution in [2.24, 2.45) is 0 Å². The number of rotatable bonds is 5. The monoisotopic (exact) mass is 249 g/mol. The molecule has 0 aromatic carbocycles. The van der Waals surface area contributed by atoms with Crippen LogP contribution in [0.5, 0.6) is 0 Å². The van der Waals surface area contributed by atoms with E-state index < -0.39 is 0 Å². The predicted molar refractivity (Wildman–Crippen MR) is 71.5 cm³/mol. The van der Waals surface area contributed by atoms with Crippen LogP contribution in [0.2, 0.25) is 0 Å². The van der Waals surface area contributed by atoms with Crippen LogP contribution in [0, 0.1) is 11.5 Å². The summed E-state index contributed by atoms with van der Waals surface area (Å²) in [4.78, 5) is 15.8. The van der Waals surface area contributed by atoms with Gasteiger partial charge >= 0.3 is 0 Å². The summed E-state index contributed by atoms with van der Waals surface area (Å²) in [5.74, 6) is 1.34. The number of nitrogens with zero attached hydrogens (tertiary/aromatic N) is 6. The minimum Gasteiger partial charge on any atom is -0.352 e. The molecule has 0 spiro atoms. The van der Waals surface area contributed by atoms with Gasteiger partial charge in [-0.05, 0) is 13.3 Å². The van der Waals surface area contributed by atoms with Crippen LogP contribution in [-0.4, -0.2) is 42.1 Å². The number of hydrogen-bond donors (Lipinski definition) is 1. The Kier molecular flexibility index (Phi) is 4.66. The largest absolute Gasteiger partial charge is 0.352 e. The lowest BCUT2D eigenvalue weighted by molar-refractivity contribution is 0.749. The van der Waals surface area contributed by atoms with Gasteiger partial charge in [-0.1, -0.05) is 6.92 Å². The van der Waals surface area contributed by atoms with Crippen molar-refractivity contribution in [1.82, 2.24) is 15.0 Å². The summed E-state index contributed by atoms with van der Waals surface area (Å²) >= 11 is 0. The molecule has 0 radical (unpaired) electrons. The molecule has 0 aliphatic heterocycles. The zero-order valence-electron chi connectivity index (χ0n) is 11.5. The van der Waals surface area contributed by atoms with Crippen LogP contribution in [0.15, 0.2) is 0 Å². The first-order valence-electron chi connectivity index (χ1n) is 5.81. The third-order valence-corrected chi connectivity index (χ3v) is 2.45. The van der Waals surface area contributed by atoms with Crippen molar-refractivity contribution in [3.63, 3.8) is 0 Å². The van der Waals surface area contributed by atoms with Crippen LogP contribution in [0.25, 0.3) is 0 Å². The molecule has 98 valence electrons. The second kappa shape index (κ2) is 6.00. The molecular formula is C11H19N7. The van der Waals surface area contributed by atoms with Crippen LogP contribution < -0.4 is 15.1 Å². The van der Waals surface area contributed by atoms with Crippen LogP contribution in [0.1, 0.15) is 20.3 Å². The van der Waals surface area contributed by atoms with Crippen LogP contribution >= 0.6 is 0 Å². The quantitative estimate of drug-likeness (QED) is 0.617. The number of nitrogens with one attached hydrogen (secondary N) is 1. The first kappa shape index (κ1) is 14.0. The van der Waals surface area contributed by atoms with Crippen molar-refractivity contribution in [2.45, 2.75) is 26.3 Å². The van der Waals surface area contributed by atoms with Gasteiger partial charge in [0.2, 0.25) is 17.8 Å². The molecule has 0 saturated carbocycles. The van der Waals surface area contributed by atoms with Crippen molar-refractivity contribution >= 4 is 17.8 Å². The van der Waals surface area contributed by atoms with Crippen molar-refractivity contribution in [3.8, 4) is 6.19 Å². The maximum absolute atomic E-state index is 8.88. The summed E-state index contributed by atoms with van der Waals surface area (Å²) in [7, 11) is 5.30. The molecule has 1 aromatic rings. The molecule has 7 heteroatoms. The Labute approximate surface area is 107 Å². The first-order valence-corrected chi connectivity index (χ1v) is 5.81. The topological polar surface area (TPSA) is 81.0 Å². The third-order valence-electron chi connectivity index (χ3n) is 2.45. The van der Waals surface area contributed by atoms with Crippen molar-refractivity contribution < 1.29 is 0 Å². The van der Waals surface area contributed by atoms with Gasteiger partial charge < -0.3 is 10.2 Å². The van der Waals surface area contributed by atoms with E-state index in [-0.39, 0.29) is 6.04 Å². The molecule has 1 atom stereocenters. The number of nitriles is 1. The molecule has 0 amide bonds. The lowest BCUT2D eigenvalue weighted by Gasteiger charge is -2.17. The van der Waals surface area contributed by atoms with Crippen molar-refractivity contribution in [2.75, 3.05) is 36.3 Å². The van der Waals surface area contributed by atoms with Gasteiger partial charge in [-0.2, -0.15) is 20.2 Å². The van der Waals surface area contributed by atoms with E-state index in [9.17, 15) is 0 Å². The fourth-order valence-electron chi connectivity index (χ4n) is 1.14. The Hall–Kier alpha value is -2.10. The smallest absolute Gasteiger partial charge is 0.245 e. The summed E-state index contributed by atoms with van der Waals surface area (Å²) < 4.78 is 0. The van der Waals surface area contributed by atoms with E-state index in [1.165, 1.54) is 4.90 Å². The Balaban J connectivity index is 3.10. The Morgan fingerprint density at radius 3 is 2.33 bits per heavy atom. The fourth-order valence-corrected chi connectivity index (χ4v) is 1.14. The van der Waals surface area contributed by atoms with E-state index in [0.29, 0.717) is 17.8 Å². The standard InChI is InChI=1S/C11H19N7/c1-6-8(2)13-9-14-10(17(3)4)16-11(15-9)18(5)7-12/h8H,6H2,1-5H3,(H,13,14,15,16). The molecule has 0 aliphatic carbocycles. The van der Waals surface area contributed by atoms with Crippen LogP contribution in [0.4, 0.5) is 17.8 Å². The second-order valence-electron chi connectivity index (χ2n) is 4.27. The highest BCUT2D eigenvalue weighted by atomic mass is 15.3. The summed E-state index contributed by atoms with van der Waals surface area (Å²) in [6, 6.07) is 0.266. The molecule has 0 aliphatic rings. The molecule has 1 aromatic heterocycles. The average molecular weight is 249 g/mol. The number of anilines is 3.